The highest BCUT2D eigenvalue weighted by Gasteiger charge is 2.13. The zero-order valence-corrected chi connectivity index (χ0v) is 13.7. The Balaban J connectivity index is 1.60. The predicted octanol–water partition coefficient (Wildman–Crippen LogP) is 3.31. The maximum atomic E-state index is 10.2. The van der Waals surface area contributed by atoms with Gasteiger partial charge in [-0.2, -0.15) is 0 Å². The van der Waals surface area contributed by atoms with E-state index >= 15 is 0 Å². The Morgan fingerprint density at radius 3 is 3.00 bits per heavy atom. The molecule has 22 heavy (non-hydrogen) atoms. The third kappa shape index (κ3) is 3.21. The molecule has 0 bridgehead atoms. The number of hydrogen-bond donors (Lipinski definition) is 2. The lowest BCUT2D eigenvalue weighted by Crippen LogP contribution is -2.27. The van der Waals surface area contributed by atoms with E-state index in [9.17, 15) is 5.11 Å². The minimum absolute atomic E-state index is 0.229. The van der Waals surface area contributed by atoms with Gasteiger partial charge in [-0.3, -0.25) is 0 Å². The lowest BCUT2D eigenvalue weighted by atomic mass is 10.1. The van der Waals surface area contributed by atoms with Gasteiger partial charge in [-0.15, -0.1) is 11.3 Å². The van der Waals surface area contributed by atoms with Crippen LogP contribution in [0.2, 0.25) is 0 Å². The van der Waals surface area contributed by atoms with Crippen LogP contribution in [-0.4, -0.2) is 20.5 Å². The summed E-state index contributed by atoms with van der Waals surface area (Å²) in [5.41, 5.74) is 3.32. The Morgan fingerprint density at radius 1 is 1.36 bits per heavy atom. The van der Waals surface area contributed by atoms with Gasteiger partial charge in [-0.1, -0.05) is 12.1 Å². The Bertz CT molecular complexity index is 736. The minimum atomic E-state index is -0.396. The van der Waals surface area contributed by atoms with Crippen LogP contribution >= 0.6 is 11.3 Å². The first-order chi connectivity index (χ1) is 10.6. The fraction of sp³-hybridized carbons (Fsp3) is 0.353. The first kappa shape index (κ1) is 15.2. The van der Waals surface area contributed by atoms with Gasteiger partial charge in [0, 0.05) is 23.7 Å². The molecule has 0 amide bonds. The molecule has 3 heterocycles. The van der Waals surface area contributed by atoms with Crippen LogP contribution in [0.3, 0.4) is 0 Å². The van der Waals surface area contributed by atoms with E-state index in [1.165, 1.54) is 5.56 Å². The number of pyridine rings is 1. The van der Waals surface area contributed by atoms with Gasteiger partial charge in [-0.05, 0) is 43.3 Å². The Hall–Kier alpha value is -1.69. The van der Waals surface area contributed by atoms with Crippen LogP contribution in [0, 0.1) is 6.92 Å². The molecule has 2 atom stereocenters. The molecule has 0 aliphatic heterocycles. The summed E-state index contributed by atoms with van der Waals surface area (Å²) in [4.78, 5) is 5.50. The highest BCUT2D eigenvalue weighted by Crippen LogP contribution is 2.23. The molecular formula is C17H21N3OS. The molecule has 2 N–H and O–H groups in total. The van der Waals surface area contributed by atoms with Crippen molar-refractivity contribution in [2.45, 2.75) is 39.0 Å². The molecule has 0 fully saturated rings. The number of thiophene rings is 1. The molecular weight excluding hydrogens is 294 g/mol. The zero-order valence-electron chi connectivity index (χ0n) is 12.9. The van der Waals surface area contributed by atoms with Crippen molar-refractivity contribution in [3.05, 3.63) is 58.2 Å². The van der Waals surface area contributed by atoms with Crippen LogP contribution < -0.4 is 5.32 Å². The molecule has 116 valence electrons. The Morgan fingerprint density at radius 2 is 2.23 bits per heavy atom. The van der Waals surface area contributed by atoms with Gasteiger partial charge in [0.05, 0.1) is 18.0 Å². The molecule has 3 aromatic heterocycles. The van der Waals surface area contributed by atoms with Crippen molar-refractivity contribution in [3.63, 3.8) is 0 Å². The lowest BCUT2D eigenvalue weighted by Gasteiger charge is -2.17. The van der Waals surface area contributed by atoms with Gasteiger partial charge < -0.3 is 14.8 Å². The van der Waals surface area contributed by atoms with E-state index in [1.807, 2.05) is 36.0 Å². The molecule has 0 aliphatic carbocycles. The molecule has 3 rings (SSSR count). The number of imidazole rings is 1. The number of aromatic nitrogens is 2. The molecule has 0 aromatic carbocycles. The first-order valence-corrected chi connectivity index (χ1v) is 8.39. The number of fused-ring (bicyclic) bond motifs is 1. The summed E-state index contributed by atoms with van der Waals surface area (Å²) in [5, 5.41) is 15.7. The quantitative estimate of drug-likeness (QED) is 0.734. The monoisotopic (exact) mass is 315 g/mol. The van der Waals surface area contributed by atoms with Gasteiger partial charge in [0.1, 0.15) is 5.65 Å². The topological polar surface area (TPSA) is 49.6 Å². The van der Waals surface area contributed by atoms with Crippen LogP contribution in [0.15, 0.2) is 42.0 Å². The number of nitrogens with one attached hydrogen (secondary N) is 1. The van der Waals surface area contributed by atoms with Crippen molar-refractivity contribution in [2.24, 2.45) is 0 Å². The summed E-state index contributed by atoms with van der Waals surface area (Å²) in [7, 11) is 0. The van der Waals surface area contributed by atoms with Gasteiger partial charge in [-0.25, -0.2) is 4.98 Å². The number of hydrogen-bond acceptors (Lipinski definition) is 4. The zero-order chi connectivity index (χ0) is 15.5. The second-order valence-electron chi connectivity index (χ2n) is 5.68. The van der Waals surface area contributed by atoms with Gasteiger partial charge in [0.25, 0.3) is 0 Å². The van der Waals surface area contributed by atoms with Crippen molar-refractivity contribution in [3.8, 4) is 0 Å². The van der Waals surface area contributed by atoms with Crippen LogP contribution in [0.25, 0.3) is 5.65 Å². The summed E-state index contributed by atoms with van der Waals surface area (Å²) in [6.45, 7) is 4.91. The summed E-state index contributed by atoms with van der Waals surface area (Å²) in [6.07, 6.45) is 4.26. The van der Waals surface area contributed by atoms with E-state index in [1.54, 1.807) is 11.3 Å². The van der Waals surface area contributed by atoms with Gasteiger partial charge >= 0.3 is 0 Å². The lowest BCUT2D eigenvalue weighted by molar-refractivity contribution is 0.157. The Kier molecular flexibility index (Phi) is 4.57. The smallest absolute Gasteiger partial charge is 0.139 e. The second-order valence-corrected chi connectivity index (χ2v) is 6.66. The first-order valence-electron chi connectivity index (χ1n) is 7.51. The average molecular weight is 315 g/mol. The highest BCUT2D eigenvalue weighted by molar-refractivity contribution is 7.10. The van der Waals surface area contributed by atoms with Crippen LogP contribution in [0.5, 0.6) is 0 Å². The van der Waals surface area contributed by atoms with Gasteiger partial charge in [0.15, 0.2) is 0 Å². The van der Waals surface area contributed by atoms with Crippen molar-refractivity contribution < 1.29 is 5.11 Å². The van der Waals surface area contributed by atoms with Crippen LogP contribution in [0.4, 0.5) is 0 Å². The normalized spacial score (nSPS) is 14.3. The number of rotatable bonds is 6. The molecule has 0 radical (unpaired) electrons. The molecule has 0 saturated carbocycles. The van der Waals surface area contributed by atoms with Gasteiger partial charge in [0.2, 0.25) is 0 Å². The summed E-state index contributed by atoms with van der Waals surface area (Å²) >= 11 is 1.60. The van der Waals surface area contributed by atoms with Crippen molar-refractivity contribution in [1.82, 2.24) is 14.7 Å². The Labute approximate surface area is 134 Å². The SMILES string of the molecule is Cc1cccn2c(CN[C@@H](C)C[C@H](O)c3cccs3)cnc12. The van der Waals surface area contributed by atoms with E-state index in [0.29, 0.717) is 6.42 Å². The summed E-state index contributed by atoms with van der Waals surface area (Å²) in [5.74, 6) is 0. The fourth-order valence-electron chi connectivity index (χ4n) is 2.63. The number of nitrogens with zero attached hydrogens (tertiary/aromatic N) is 2. The number of aliphatic hydroxyl groups excluding tert-OH is 1. The summed E-state index contributed by atoms with van der Waals surface area (Å²) < 4.78 is 2.12. The molecule has 5 heteroatoms. The minimum Gasteiger partial charge on any atom is -0.388 e. The van der Waals surface area contributed by atoms with Crippen molar-refractivity contribution >= 4 is 17.0 Å². The predicted molar refractivity (Wildman–Crippen MR) is 90.1 cm³/mol. The molecule has 0 spiro atoms. The van der Waals surface area contributed by atoms with Crippen LogP contribution in [0.1, 0.15) is 35.6 Å². The molecule has 0 unspecified atom stereocenters. The van der Waals surface area contributed by atoms with Crippen molar-refractivity contribution in [2.75, 3.05) is 0 Å². The third-order valence-corrected chi connectivity index (χ3v) is 4.86. The molecule has 4 nitrogen and oxygen atoms in total. The molecule has 0 aliphatic rings. The summed E-state index contributed by atoms with van der Waals surface area (Å²) in [6, 6.07) is 8.29. The van der Waals surface area contributed by atoms with Crippen LogP contribution in [-0.2, 0) is 6.54 Å². The molecule has 3 aromatic rings. The second kappa shape index (κ2) is 6.60. The van der Waals surface area contributed by atoms with E-state index in [4.69, 9.17) is 0 Å². The van der Waals surface area contributed by atoms with Crippen molar-refractivity contribution in [1.29, 1.82) is 0 Å². The largest absolute Gasteiger partial charge is 0.388 e. The number of aliphatic hydroxyl groups is 1. The fourth-order valence-corrected chi connectivity index (χ4v) is 3.35. The maximum Gasteiger partial charge on any atom is 0.139 e. The maximum absolute atomic E-state index is 10.2. The molecule has 0 saturated heterocycles. The number of aryl methyl sites for hydroxylation is 1. The third-order valence-electron chi connectivity index (χ3n) is 3.89. The average Bonchev–Trinajstić information content (AvgIpc) is 3.15. The van der Waals surface area contributed by atoms with E-state index in [-0.39, 0.29) is 6.04 Å². The van der Waals surface area contributed by atoms with E-state index in [0.717, 1.165) is 22.8 Å². The highest BCUT2D eigenvalue weighted by atomic mass is 32.1. The van der Waals surface area contributed by atoms with E-state index in [2.05, 4.69) is 34.6 Å². The van der Waals surface area contributed by atoms with E-state index < -0.39 is 6.10 Å². The standard InChI is InChI=1S/C17H21N3OS/c1-12-5-3-7-20-14(11-19-17(12)20)10-18-13(2)9-15(21)16-6-4-8-22-16/h3-8,11,13,15,18,21H,9-10H2,1-2H3/t13-,15-/m0/s1.